The highest BCUT2D eigenvalue weighted by Crippen LogP contribution is 2.41. The molecule has 0 radical (unpaired) electrons. The van der Waals surface area contributed by atoms with Gasteiger partial charge in [-0.05, 0) is 44.5 Å². The molecule has 0 aliphatic heterocycles. The molecule has 0 aliphatic rings. The monoisotopic (exact) mass is 300 g/mol. The van der Waals surface area contributed by atoms with Crippen LogP contribution in [0.5, 0.6) is 23.0 Å². The molecular weight excluding hydrogens is 280 g/mol. The van der Waals surface area contributed by atoms with Crippen LogP contribution in [-0.4, -0.2) is 20.0 Å². The van der Waals surface area contributed by atoms with Gasteiger partial charge in [0, 0.05) is 5.56 Å². The van der Waals surface area contributed by atoms with Gasteiger partial charge in [0.2, 0.25) is 5.75 Å². The summed E-state index contributed by atoms with van der Waals surface area (Å²) in [7, 11) is 1.54. The lowest BCUT2D eigenvalue weighted by atomic mass is 10.1. The van der Waals surface area contributed by atoms with E-state index >= 15 is 0 Å². The zero-order valence-electron chi connectivity index (χ0n) is 13.3. The van der Waals surface area contributed by atoms with Crippen molar-refractivity contribution in [3.63, 3.8) is 0 Å². The van der Waals surface area contributed by atoms with Crippen LogP contribution >= 0.6 is 0 Å². The molecule has 0 N–H and O–H groups in total. The molecule has 0 spiro atoms. The number of rotatable bonds is 6. The van der Waals surface area contributed by atoms with Crippen LogP contribution in [-0.2, 0) is 0 Å². The van der Waals surface area contributed by atoms with Crippen molar-refractivity contribution in [2.75, 3.05) is 13.7 Å². The Labute approximate surface area is 130 Å². The minimum atomic E-state index is 0.468. The highest BCUT2D eigenvalue weighted by molar-refractivity contribution is 5.78. The Kier molecular flexibility index (Phi) is 5.04. The van der Waals surface area contributed by atoms with E-state index in [-0.39, 0.29) is 0 Å². The molecule has 0 aromatic heterocycles. The van der Waals surface area contributed by atoms with Crippen molar-refractivity contribution in [2.45, 2.75) is 20.8 Å². The molecule has 0 heterocycles. The van der Waals surface area contributed by atoms with Gasteiger partial charge in [-0.25, -0.2) is 0 Å². The van der Waals surface area contributed by atoms with Gasteiger partial charge < -0.3 is 14.2 Å². The van der Waals surface area contributed by atoms with E-state index in [1.54, 1.807) is 12.1 Å². The first-order valence-electron chi connectivity index (χ1n) is 7.14. The molecule has 22 heavy (non-hydrogen) atoms. The average Bonchev–Trinajstić information content (AvgIpc) is 2.51. The number of aldehydes is 1. The molecule has 2 aromatic carbocycles. The topological polar surface area (TPSA) is 44.8 Å². The SMILES string of the molecule is CCOc1c(OC)cc(C=O)cc1Oc1ccc(C)cc1C. The van der Waals surface area contributed by atoms with Gasteiger partial charge in [0.1, 0.15) is 12.0 Å². The molecule has 0 saturated carbocycles. The van der Waals surface area contributed by atoms with Gasteiger partial charge in [-0.2, -0.15) is 0 Å². The van der Waals surface area contributed by atoms with Crippen LogP contribution in [0.25, 0.3) is 0 Å². The summed E-state index contributed by atoms with van der Waals surface area (Å²) >= 11 is 0. The van der Waals surface area contributed by atoms with Crippen molar-refractivity contribution in [1.29, 1.82) is 0 Å². The van der Waals surface area contributed by atoms with Crippen LogP contribution in [0, 0.1) is 13.8 Å². The second-order valence-electron chi connectivity index (χ2n) is 4.97. The summed E-state index contributed by atoms with van der Waals surface area (Å²) in [4.78, 5) is 11.1. The summed E-state index contributed by atoms with van der Waals surface area (Å²) in [6.07, 6.45) is 0.757. The van der Waals surface area contributed by atoms with Gasteiger partial charge >= 0.3 is 0 Å². The molecule has 0 amide bonds. The van der Waals surface area contributed by atoms with E-state index in [0.29, 0.717) is 29.4 Å². The fraction of sp³-hybridized carbons (Fsp3) is 0.278. The molecule has 116 valence electrons. The maximum Gasteiger partial charge on any atom is 0.204 e. The fourth-order valence-electron chi connectivity index (χ4n) is 2.21. The Bertz CT molecular complexity index is 677. The number of hydrogen-bond acceptors (Lipinski definition) is 4. The molecule has 0 unspecified atom stereocenters. The minimum absolute atomic E-state index is 0.468. The Hall–Kier alpha value is -2.49. The Morgan fingerprint density at radius 1 is 1.05 bits per heavy atom. The van der Waals surface area contributed by atoms with Crippen molar-refractivity contribution >= 4 is 6.29 Å². The lowest BCUT2D eigenvalue weighted by Gasteiger charge is -2.16. The van der Waals surface area contributed by atoms with E-state index in [2.05, 4.69) is 0 Å². The van der Waals surface area contributed by atoms with Crippen LogP contribution in [0.15, 0.2) is 30.3 Å². The van der Waals surface area contributed by atoms with Gasteiger partial charge in [-0.15, -0.1) is 0 Å². The maximum absolute atomic E-state index is 11.1. The summed E-state index contributed by atoms with van der Waals surface area (Å²) in [6.45, 7) is 6.36. The first-order valence-corrected chi connectivity index (χ1v) is 7.14. The summed E-state index contributed by atoms with van der Waals surface area (Å²) in [5.41, 5.74) is 2.65. The van der Waals surface area contributed by atoms with Crippen molar-refractivity contribution in [2.24, 2.45) is 0 Å². The molecule has 0 bridgehead atoms. The van der Waals surface area contributed by atoms with Gasteiger partial charge in [0.25, 0.3) is 0 Å². The van der Waals surface area contributed by atoms with Crippen LogP contribution in [0.1, 0.15) is 28.4 Å². The largest absolute Gasteiger partial charge is 0.493 e. The van der Waals surface area contributed by atoms with Crippen LogP contribution in [0.4, 0.5) is 0 Å². The third-order valence-electron chi connectivity index (χ3n) is 3.24. The predicted octanol–water partition coefficient (Wildman–Crippen LogP) is 4.32. The Morgan fingerprint density at radius 3 is 2.36 bits per heavy atom. The normalized spacial score (nSPS) is 10.2. The molecule has 0 saturated heterocycles. The lowest BCUT2D eigenvalue weighted by Crippen LogP contribution is -2.00. The van der Waals surface area contributed by atoms with Gasteiger partial charge in [-0.3, -0.25) is 4.79 Å². The highest BCUT2D eigenvalue weighted by atomic mass is 16.5. The van der Waals surface area contributed by atoms with Crippen molar-refractivity contribution in [3.05, 3.63) is 47.0 Å². The van der Waals surface area contributed by atoms with E-state index < -0.39 is 0 Å². The fourth-order valence-corrected chi connectivity index (χ4v) is 2.21. The number of ether oxygens (including phenoxy) is 3. The summed E-state index contributed by atoms with van der Waals surface area (Å²) in [5, 5.41) is 0. The van der Waals surface area contributed by atoms with E-state index in [1.807, 2.05) is 39.0 Å². The van der Waals surface area contributed by atoms with Crippen LogP contribution < -0.4 is 14.2 Å². The number of benzene rings is 2. The zero-order chi connectivity index (χ0) is 16.1. The Morgan fingerprint density at radius 2 is 1.77 bits per heavy atom. The predicted molar refractivity (Wildman–Crippen MR) is 85.5 cm³/mol. The highest BCUT2D eigenvalue weighted by Gasteiger charge is 2.16. The lowest BCUT2D eigenvalue weighted by molar-refractivity contribution is 0.112. The number of carbonyl (C=O) groups excluding carboxylic acids is 1. The zero-order valence-corrected chi connectivity index (χ0v) is 13.3. The first-order chi connectivity index (χ1) is 10.6. The van der Waals surface area contributed by atoms with Crippen LogP contribution in [0.3, 0.4) is 0 Å². The van der Waals surface area contributed by atoms with Crippen LogP contribution in [0.2, 0.25) is 0 Å². The second kappa shape index (κ2) is 6.98. The van der Waals surface area contributed by atoms with E-state index in [0.717, 1.165) is 23.2 Å². The summed E-state index contributed by atoms with van der Waals surface area (Å²) in [5.74, 6) is 2.16. The third kappa shape index (κ3) is 3.39. The molecular formula is C18H20O4. The van der Waals surface area contributed by atoms with Crippen molar-refractivity contribution in [3.8, 4) is 23.0 Å². The number of aryl methyl sites for hydroxylation is 2. The van der Waals surface area contributed by atoms with Gasteiger partial charge in [0.15, 0.2) is 11.5 Å². The van der Waals surface area contributed by atoms with Gasteiger partial charge in [-0.1, -0.05) is 17.7 Å². The minimum Gasteiger partial charge on any atom is -0.493 e. The average molecular weight is 300 g/mol. The molecule has 4 heteroatoms. The quantitative estimate of drug-likeness (QED) is 0.745. The number of hydrogen-bond donors (Lipinski definition) is 0. The smallest absolute Gasteiger partial charge is 0.204 e. The molecule has 0 fully saturated rings. The molecule has 0 atom stereocenters. The summed E-state index contributed by atoms with van der Waals surface area (Å²) < 4.78 is 16.9. The second-order valence-corrected chi connectivity index (χ2v) is 4.97. The standard InChI is InChI=1S/C18H20O4/c1-5-21-18-16(20-4)9-14(11-19)10-17(18)22-15-7-6-12(2)8-13(15)3/h6-11H,5H2,1-4H3. The van der Waals surface area contributed by atoms with Gasteiger partial charge in [0.05, 0.1) is 13.7 Å². The molecule has 4 nitrogen and oxygen atoms in total. The number of methoxy groups -OCH3 is 1. The number of carbonyl (C=O) groups is 1. The Balaban J connectivity index is 2.49. The van der Waals surface area contributed by atoms with E-state index in [4.69, 9.17) is 14.2 Å². The third-order valence-corrected chi connectivity index (χ3v) is 3.24. The summed E-state index contributed by atoms with van der Waals surface area (Å²) in [6, 6.07) is 9.20. The van der Waals surface area contributed by atoms with Crippen molar-refractivity contribution in [1.82, 2.24) is 0 Å². The molecule has 0 aliphatic carbocycles. The first kappa shape index (κ1) is 15.9. The van der Waals surface area contributed by atoms with Crippen molar-refractivity contribution < 1.29 is 19.0 Å². The molecule has 2 aromatic rings. The molecule has 2 rings (SSSR count). The van der Waals surface area contributed by atoms with E-state index in [9.17, 15) is 4.79 Å². The maximum atomic E-state index is 11.1. The van der Waals surface area contributed by atoms with E-state index in [1.165, 1.54) is 7.11 Å².